The zero-order valence-electron chi connectivity index (χ0n) is 16.0. The predicted octanol–water partition coefficient (Wildman–Crippen LogP) is 4.15. The Balaban J connectivity index is 1.43. The Morgan fingerprint density at radius 1 is 1.29 bits per heavy atom. The van der Waals surface area contributed by atoms with E-state index in [1.54, 1.807) is 0 Å². The van der Waals surface area contributed by atoms with Crippen molar-refractivity contribution in [2.45, 2.75) is 32.7 Å². The Bertz CT molecular complexity index is 995. The molecule has 1 amide bonds. The van der Waals surface area contributed by atoms with E-state index in [9.17, 15) is 4.79 Å². The minimum Gasteiger partial charge on any atom is -0.492 e. The molecule has 146 valence electrons. The summed E-state index contributed by atoms with van der Waals surface area (Å²) in [6.45, 7) is 3.79. The lowest BCUT2D eigenvalue weighted by atomic mass is 10.2. The molecule has 0 radical (unpaired) electrons. The van der Waals surface area contributed by atoms with Crippen molar-refractivity contribution in [2.24, 2.45) is 5.92 Å². The SMILES string of the molecule is Cc1cc(OCCn2c(CCNC(=O)C3CC3)nc3ccccc32)ccc1Cl. The summed E-state index contributed by atoms with van der Waals surface area (Å²) in [5.41, 5.74) is 3.05. The zero-order valence-corrected chi connectivity index (χ0v) is 16.7. The average molecular weight is 398 g/mol. The van der Waals surface area contributed by atoms with E-state index >= 15 is 0 Å². The molecule has 0 spiro atoms. The number of aromatic nitrogens is 2. The highest BCUT2D eigenvalue weighted by Crippen LogP contribution is 2.28. The van der Waals surface area contributed by atoms with Crippen molar-refractivity contribution in [3.8, 4) is 5.75 Å². The van der Waals surface area contributed by atoms with Crippen LogP contribution in [0.4, 0.5) is 0 Å². The first-order valence-corrected chi connectivity index (χ1v) is 10.1. The fraction of sp³-hybridized carbons (Fsp3) is 0.364. The summed E-state index contributed by atoms with van der Waals surface area (Å²) < 4.78 is 8.11. The van der Waals surface area contributed by atoms with Crippen LogP contribution in [0.1, 0.15) is 24.2 Å². The molecule has 0 aliphatic heterocycles. The van der Waals surface area contributed by atoms with Crippen LogP contribution in [-0.4, -0.2) is 28.6 Å². The highest BCUT2D eigenvalue weighted by Gasteiger charge is 2.29. The van der Waals surface area contributed by atoms with E-state index < -0.39 is 0 Å². The number of aryl methyl sites for hydroxylation is 1. The van der Waals surface area contributed by atoms with Gasteiger partial charge in [0.2, 0.25) is 5.91 Å². The lowest BCUT2D eigenvalue weighted by Crippen LogP contribution is -2.27. The summed E-state index contributed by atoms with van der Waals surface area (Å²) >= 11 is 6.08. The number of para-hydroxylation sites is 2. The number of benzene rings is 2. The van der Waals surface area contributed by atoms with Crippen LogP contribution in [0.2, 0.25) is 5.02 Å². The van der Waals surface area contributed by atoms with Crippen molar-refractivity contribution >= 4 is 28.5 Å². The number of hydrogen-bond donors (Lipinski definition) is 1. The molecule has 6 heteroatoms. The smallest absolute Gasteiger partial charge is 0.223 e. The quantitative estimate of drug-likeness (QED) is 0.621. The molecule has 2 aromatic carbocycles. The molecule has 3 aromatic rings. The Labute approximate surface area is 169 Å². The molecule has 1 aliphatic rings. The van der Waals surface area contributed by atoms with Crippen LogP contribution in [0.5, 0.6) is 5.75 Å². The fourth-order valence-electron chi connectivity index (χ4n) is 3.31. The van der Waals surface area contributed by atoms with Crippen LogP contribution in [0.25, 0.3) is 11.0 Å². The van der Waals surface area contributed by atoms with Crippen molar-refractivity contribution in [2.75, 3.05) is 13.2 Å². The van der Waals surface area contributed by atoms with Gasteiger partial charge in [-0.15, -0.1) is 0 Å². The van der Waals surface area contributed by atoms with Gasteiger partial charge in [-0.2, -0.15) is 0 Å². The number of amides is 1. The maximum Gasteiger partial charge on any atom is 0.223 e. The maximum absolute atomic E-state index is 11.9. The van der Waals surface area contributed by atoms with Gasteiger partial charge in [0.15, 0.2) is 0 Å². The van der Waals surface area contributed by atoms with Gasteiger partial charge in [-0.1, -0.05) is 23.7 Å². The number of nitrogens with zero attached hydrogens (tertiary/aromatic N) is 2. The van der Waals surface area contributed by atoms with Gasteiger partial charge in [-0.25, -0.2) is 4.98 Å². The number of carbonyl (C=O) groups is 1. The normalized spacial score (nSPS) is 13.6. The molecular formula is C22H24ClN3O2. The number of carbonyl (C=O) groups excluding carboxylic acids is 1. The van der Waals surface area contributed by atoms with E-state index in [0.29, 0.717) is 26.1 Å². The highest BCUT2D eigenvalue weighted by atomic mass is 35.5. The Hall–Kier alpha value is -2.53. The second-order valence-corrected chi connectivity index (χ2v) is 7.65. The third-order valence-corrected chi connectivity index (χ3v) is 5.47. The Kier molecular flexibility index (Phi) is 5.53. The largest absolute Gasteiger partial charge is 0.492 e. The zero-order chi connectivity index (χ0) is 19.5. The second kappa shape index (κ2) is 8.23. The minimum atomic E-state index is 0.170. The highest BCUT2D eigenvalue weighted by molar-refractivity contribution is 6.31. The molecule has 0 unspecified atom stereocenters. The Morgan fingerprint density at radius 3 is 2.89 bits per heavy atom. The maximum atomic E-state index is 11.9. The van der Waals surface area contributed by atoms with Gasteiger partial charge in [0.1, 0.15) is 18.2 Å². The summed E-state index contributed by atoms with van der Waals surface area (Å²) in [6.07, 6.45) is 2.74. The molecule has 1 fully saturated rings. The van der Waals surface area contributed by atoms with Gasteiger partial charge in [0.05, 0.1) is 17.6 Å². The molecule has 1 aromatic heterocycles. The van der Waals surface area contributed by atoms with Gasteiger partial charge >= 0.3 is 0 Å². The van der Waals surface area contributed by atoms with E-state index in [0.717, 1.165) is 46.0 Å². The van der Waals surface area contributed by atoms with E-state index in [2.05, 4.69) is 16.0 Å². The van der Waals surface area contributed by atoms with Gasteiger partial charge in [-0.3, -0.25) is 4.79 Å². The molecule has 1 N–H and O–H groups in total. The third kappa shape index (κ3) is 4.30. The van der Waals surface area contributed by atoms with E-state index in [1.807, 2.05) is 43.3 Å². The Morgan fingerprint density at radius 2 is 2.11 bits per heavy atom. The van der Waals surface area contributed by atoms with Crippen LogP contribution in [0, 0.1) is 12.8 Å². The monoisotopic (exact) mass is 397 g/mol. The summed E-state index contributed by atoms with van der Waals surface area (Å²) in [7, 11) is 0. The lowest BCUT2D eigenvalue weighted by molar-refractivity contribution is -0.122. The number of rotatable bonds is 8. The fourth-order valence-corrected chi connectivity index (χ4v) is 3.43. The van der Waals surface area contributed by atoms with Gasteiger partial charge in [0, 0.05) is 23.9 Å². The van der Waals surface area contributed by atoms with E-state index in [-0.39, 0.29) is 11.8 Å². The first-order chi connectivity index (χ1) is 13.6. The molecule has 4 rings (SSSR count). The number of imidazole rings is 1. The first-order valence-electron chi connectivity index (χ1n) is 9.72. The molecule has 5 nitrogen and oxygen atoms in total. The van der Waals surface area contributed by atoms with Crippen LogP contribution in [-0.2, 0) is 17.8 Å². The summed E-state index contributed by atoms with van der Waals surface area (Å²) in [6, 6.07) is 13.8. The van der Waals surface area contributed by atoms with Crippen LogP contribution >= 0.6 is 11.6 Å². The summed E-state index contributed by atoms with van der Waals surface area (Å²) in [4.78, 5) is 16.6. The molecule has 1 saturated carbocycles. The van der Waals surface area contributed by atoms with Crippen LogP contribution in [0.15, 0.2) is 42.5 Å². The number of fused-ring (bicyclic) bond motifs is 1. The molecule has 0 saturated heterocycles. The first kappa shape index (κ1) is 18.8. The third-order valence-electron chi connectivity index (χ3n) is 5.04. The van der Waals surface area contributed by atoms with Crippen molar-refractivity contribution in [1.82, 2.24) is 14.9 Å². The van der Waals surface area contributed by atoms with Gasteiger partial charge in [0.25, 0.3) is 0 Å². The van der Waals surface area contributed by atoms with Crippen molar-refractivity contribution in [3.05, 3.63) is 58.9 Å². The molecule has 1 heterocycles. The van der Waals surface area contributed by atoms with Crippen molar-refractivity contribution in [1.29, 1.82) is 0 Å². The average Bonchev–Trinajstić information content (AvgIpc) is 3.48. The van der Waals surface area contributed by atoms with E-state index in [1.165, 1.54) is 0 Å². The summed E-state index contributed by atoms with van der Waals surface area (Å²) in [5.74, 6) is 2.18. The number of halogens is 1. The molecule has 1 aliphatic carbocycles. The van der Waals surface area contributed by atoms with E-state index in [4.69, 9.17) is 21.3 Å². The lowest BCUT2D eigenvalue weighted by Gasteiger charge is -2.12. The number of hydrogen-bond acceptors (Lipinski definition) is 3. The van der Waals surface area contributed by atoms with Crippen molar-refractivity contribution < 1.29 is 9.53 Å². The molecule has 28 heavy (non-hydrogen) atoms. The van der Waals surface area contributed by atoms with Crippen LogP contribution < -0.4 is 10.1 Å². The molecule has 0 bridgehead atoms. The van der Waals surface area contributed by atoms with Crippen LogP contribution in [0.3, 0.4) is 0 Å². The van der Waals surface area contributed by atoms with Crippen molar-refractivity contribution in [3.63, 3.8) is 0 Å². The molecule has 0 atom stereocenters. The second-order valence-electron chi connectivity index (χ2n) is 7.24. The predicted molar refractivity (Wildman–Crippen MR) is 111 cm³/mol. The standard InChI is InChI=1S/C22H24ClN3O2/c1-15-14-17(8-9-18(15)23)28-13-12-26-20-5-3-2-4-19(20)25-21(26)10-11-24-22(27)16-6-7-16/h2-5,8-9,14,16H,6-7,10-13H2,1H3,(H,24,27). The summed E-state index contributed by atoms with van der Waals surface area (Å²) in [5, 5.41) is 3.76. The van der Waals surface area contributed by atoms with Gasteiger partial charge in [-0.05, 0) is 55.7 Å². The van der Waals surface area contributed by atoms with Gasteiger partial charge < -0.3 is 14.6 Å². The molecular weight excluding hydrogens is 374 g/mol. The number of nitrogens with one attached hydrogen (secondary N) is 1. The number of ether oxygens (including phenoxy) is 1. The minimum absolute atomic E-state index is 0.170. The topological polar surface area (TPSA) is 56.1 Å².